The predicted octanol–water partition coefficient (Wildman–Crippen LogP) is 3.20. The molecule has 0 atom stereocenters. The maximum atomic E-state index is 6.32. The Morgan fingerprint density at radius 3 is 2.89 bits per heavy atom. The second kappa shape index (κ2) is 5.03. The highest BCUT2D eigenvalue weighted by molar-refractivity contribution is 5.70. The van der Waals surface area contributed by atoms with Crippen molar-refractivity contribution >= 4 is 5.82 Å². The summed E-state index contributed by atoms with van der Waals surface area (Å²) in [7, 11) is 0. The van der Waals surface area contributed by atoms with Gasteiger partial charge in [-0.25, -0.2) is 4.98 Å². The summed E-state index contributed by atoms with van der Waals surface area (Å²) in [6, 6.07) is 3.95. The van der Waals surface area contributed by atoms with Crippen LogP contribution in [0.1, 0.15) is 44.3 Å². The molecule has 100 valence electrons. The first-order valence-electron chi connectivity index (χ1n) is 7.07. The maximum absolute atomic E-state index is 6.32. The lowest BCUT2D eigenvalue weighted by atomic mass is 10.2. The zero-order valence-electron chi connectivity index (χ0n) is 11.3. The minimum absolute atomic E-state index is 0.615. The van der Waals surface area contributed by atoms with Crippen molar-refractivity contribution < 1.29 is 0 Å². The van der Waals surface area contributed by atoms with Crippen molar-refractivity contribution in [3.8, 4) is 11.3 Å². The average molecular weight is 256 g/mol. The van der Waals surface area contributed by atoms with E-state index >= 15 is 0 Å². The highest BCUT2D eigenvalue weighted by Crippen LogP contribution is 2.42. The second-order valence-electron chi connectivity index (χ2n) is 5.23. The summed E-state index contributed by atoms with van der Waals surface area (Å²) in [6.45, 7) is 3.17. The Bertz CT molecular complexity index is 555. The maximum Gasteiger partial charge on any atom is 0.131 e. The van der Waals surface area contributed by atoms with E-state index in [1.54, 1.807) is 6.20 Å². The molecule has 1 aliphatic carbocycles. The van der Waals surface area contributed by atoms with Gasteiger partial charge in [0.2, 0.25) is 0 Å². The molecule has 2 heterocycles. The Kier molecular flexibility index (Phi) is 3.23. The van der Waals surface area contributed by atoms with Gasteiger partial charge in [-0.1, -0.05) is 13.3 Å². The number of hydrogen-bond donors (Lipinski definition) is 1. The summed E-state index contributed by atoms with van der Waals surface area (Å²) < 4.78 is 2.21. The van der Waals surface area contributed by atoms with Gasteiger partial charge in [-0.2, -0.15) is 0 Å². The van der Waals surface area contributed by atoms with E-state index in [1.807, 2.05) is 18.3 Å². The normalized spacial score (nSPS) is 14.8. The lowest BCUT2D eigenvalue weighted by molar-refractivity contribution is 0.609. The van der Waals surface area contributed by atoms with Crippen LogP contribution >= 0.6 is 0 Å². The monoisotopic (exact) mass is 256 g/mol. The van der Waals surface area contributed by atoms with Gasteiger partial charge in [0.15, 0.2) is 0 Å². The van der Waals surface area contributed by atoms with E-state index in [9.17, 15) is 0 Å². The minimum Gasteiger partial charge on any atom is -0.383 e. The van der Waals surface area contributed by atoms with Gasteiger partial charge in [0, 0.05) is 30.4 Å². The second-order valence-corrected chi connectivity index (χ2v) is 5.23. The summed E-state index contributed by atoms with van der Waals surface area (Å²) in [5.41, 5.74) is 8.22. The molecule has 4 nitrogen and oxygen atoms in total. The third-order valence-corrected chi connectivity index (χ3v) is 3.65. The Hall–Kier alpha value is -1.84. The number of imidazole rings is 1. The molecule has 1 aliphatic rings. The van der Waals surface area contributed by atoms with Crippen LogP contribution in [0.5, 0.6) is 0 Å². The summed E-state index contributed by atoms with van der Waals surface area (Å²) in [5, 5.41) is 0. The summed E-state index contributed by atoms with van der Waals surface area (Å²) >= 11 is 0. The number of hydrogen-bond acceptors (Lipinski definition) is 3. The van der Waals surface area contributed by atoms with Crippen LogP contribution in [0.2, 0.25) is 0 Å². The van der Waals surface area contributed by atoms with Crippen LogP contribution in [0.25, 0.3) is 11.3 Å². The number of unbranched alkanes of at least 4 members (excludes halogenated alkanes) is 1. The fraction of sp³-hybridized carbons (Fsp3) is 0.467. The van der Waals surface area contributed by atoms with Crippen LogP contribution in [-0.2, 0) is 6.54 Å². The summed E-state index contributed by atoms with van der Waals surface area (Å²) in [6.07, 6.45) is 8.41. The Morgan fingerprint density at radius 1 is 1.42 bits per heavy atom. The van der Waals surface area contributed by atoms with Gasteiger partial charge in [0.25, 0.3) is 0 Å². The molecule has 0 bridgehead atoms. The van der Waals surface area contributed by atoms with Crippen LogP contribution < -0.4 is 5.73 Å². The fourth-order valence-corrected chi connectivity index (χ4v) is 2.40. The molecule has 0 aromatic carbocycles. The largest absolute Gasteiger partial charge is 0.383 e. The smallest absolute Gasteiger partial charge is 0.131 e. The number of nitrogens with zero attached hydrogens (tertiary/aromatic N) is 3. The van der Waals surface area contributed by atoms with E-state index in [2.05, 4.69) is 16.5 Å². The van der Waals surface area contributed by atoms with Gasteiger partial charge in [-0.15, -0.1) is 0 Å². The number of anilines is 1. The number of nitrogen functional groups attached to an aromatic ring is 1. The highest BCUT2D eigenvalue weighted by Gasteiger charge is 2.30. The summed E-state index contributed by atoms with van der Waals surface area (Å²) in [4.78, 5) is 8.95. The van der Waals surface area contributed by atoms with E-state index in [1.165, 1.54) is 25.1 Å². The van der Waals surface area contributed by atoms with Gasteiger partial charge in [-0.3, -0.25) is 4.98 Å². The van der Waals surface area contributed by atoms with Gasteiger partial charge < -0.3 is 10.3 Å². The molecule has 1 fully saturated rings. The first kappa shape index (κ1) is 12.2. The first-order chi connectivity index (χ1) is 9.31. The molecule has 0 unspecified atom stereocenters. The fourth-order valence-electron chi connectivity index (χ4n) is 2.40. The van der Waals surface area contributed by atoms with E-state index in [0.29, 0.717) is 5.92 Å². The standard InChI is InChI=1S/C15H20N4/c1-2-3-9-19-14(16)13(12-5-4-8-17-10-12)18-15(19)11-6-7-11/h4-5,8,10-11H,2-3,6-7,9,16H2,1H3. The molecule has 2 aromatic rings. The van der Waals surface area contributed by atoms with Crippen molar-refractivity contribution in [2.75, 3.05) is 5.73 Å². The quantitative estimate of drug-likeness (QED) is 0.893. The number of aromatic nitrogens is 3. The molecule has 0 spiro atoms. The van der Waals surface area contributed by atoms with Crippen LogP contribution in [0.3, 0.4) is 0 Å². The Labute approximate surface area is 113 Å². The van der Waals surface area contributed by atoms with Crippen LogP contribution in [0.15, 0.2) is 24.5 Å². The SMILES string of the molecule is CCCCn1c(C2CC2)nc(-c2cccnc2)c1N. The topological polar surface area (TPSA) is 56.7 Å². The third-order valence-electron chi connectivity index (χ3n) is 3.65. The van der Waals surface area contributed by atoms with Crippen molar-refractivity contribution in [3.63, 3.8) is 0 Å². The Morgan fingerprint density at radius 2 is 2.26 bits per heavy atom. The van der Waals surface area contributed by atoms with Gasteiger partial charge >= 0.3 is 0 Å². The van der Waals surface area contributed by atoms with Crippen molar-refractivity contribution in [1.29, 1.82) is 0 Å². The van der Waals surface area contributed by atoms with E-state index in [4.69, 9.17) is 10.7 Å². The van der Waals surface area contributed by atoms with E-state index < -0.39 is 0 Å². The zero-order chi connectivity index (χ0) is 13.2. The van der Waals surface area contributed by atoms with Crippen LogP contribution in [-0.4, -0.2) is 14.5 Å². The molecule has 0 saturated heterocycles. The van der Waals surface area contributed by atoms with Crippen molar-refractivity contribution in [3.05, 3.63) is 30.4 Å². The van der Waals surface area contributed by atoms with Crippen molar-refractivity contribution in [2.45, 2.75) is 45.1 Å². The molecular weight excluding hydrogens is 236 g/mol. The molecule has 1 saturated carbocycles. The number of pyridine rings is 1. The highest BCUT2D eigenvalue weighted by atomic mass is 15.1. The van der Waals surface area contributed by atoms with Crippen molar-refractivity contribution in [2.24, 2.45) is 0 Å². The molecule has 3 rings (SSSR count). The number of nitrogens with two attached hydrogens (primary N) is 1. The molecule has 2 aromatic heterocycles. The van der Waals surface area contributed by atoms with Gasteiger partial charge in [0.05, 0.1) is 0 Å². The zero-order valence-corrected chi connectivity index (χ0v) is 11.3. The minimum atomic E-state index is 0.615. The molecule has 0 radical (unpaired) electrons. The lowest BCUT2D eigenvalue weighted by Crippen LogP contribution is -2.06. The van der Waals surface area contributed by atoms with E-state index in [0.717, 1.165) is 30.0 Å². The van der Waals surface area contributed by atoms with Crippen LogP contribution in [0, 0.1) is 0 Å². The van der Waals surface area contributed by atoms with Gasteiger partial charge in [-0.05, 0) is 31.4 Å². The predicted molar refractivity (Wildman–Crippen MR) is 76.8 cm³/mol. The number of rotatable bonds is 5. The molecular formula is C15H20N4. The van der Waals surface area contributed by atoms with Crippen LogP contribution in [0.4, 0.5) is 5.82 Å². The Balaban J connectivity index is 2.01. The third kappa shape index (κ3) is 2.35. The first-order valence-corrected chi connectivity index (χ1v) is 7.07. The van der Waals surface area contributed by atoms with Gasteiger partial charge in [0.1, 0.15) is 17.3 Å². The lowest BCUT2D eigenvalue weighted by Gasteiger charge is -2.08. The molecule has 19 heavy (non-hydrogen) atoms. The average Bonchev–Trinajstić information content (AvgIpc) is 3.23. The molecule has 0 aliphatic heterocycles. The molecule has 0 amide bonds. The molecule has 4 heteroatoms. The summed E-state index contributed by atoms with van der Waals surface area (Å²) in [5.74, 6) is 2.58. The van der Waals surface area contributed by atoms with Crippen molar-refractivity contribution in [1.82, 2.24) is 14.5 Å². The molecule has 2 N–H and O–H groups in total. The van der Waals surface area contributed by atoms with E-state index in [-0.39, 0.29) is 0 Å².